The minimum absolute atomic E-state index is 0. The van der Waals surface area contributed by atoms with Gasteiger partial charge in [-0.3, -0.25) is 0 Å². The van der Waals surface area contributed by atoms with Crippen LogP contribution in [0.4, 0.5) is 0 Å². The molecule has 1 aliphatic rings. The molecule has 1 saturated heterocycles. The summed E-state index contributed by atoms with van der Waals surface area (Å²) in [6.07, 6.45) is 4.15. The van der Waals surface area contributed by atoms with Gasteiger partial charge in [0, 0.05) is 6.04 Å². The highest BCUT2D eigenvalue weighted by Crippen LogP contribution is 2.12. The van der Waals surface area contributed by atoms with E-state index in [-0.39, 0.29) is 5.48 Å². The standard InChI is InChI=1S/C8H17N.H2O/c1-3-8(2)9-6-4-5-7-9;/h8H,3-7H2,1-2H3;1H2. The van der Waals surface area contributed by atoms with Gasteiger partial charge in [0.1, 0.15) is 0 Å². The second-order valence-corrected chi connectivity index (χ2v) is 3.00. The van der Waals surface area contributed by atoms with Gasteiger partial charge in [0.15, 0.2) is 0 Å². The van der Waals surface area contributed by atoms with Gasteiger partial charge < -0.3 is 10.4 Å². The lowest BCUT2D eigenvalue weighted by molar-refractivity contribution is 0.253. The fraction of sp³-hybridized carbons (Fsp3) is 1.00. The molecule has 2 N–H and O–H groups in total. The Hall–Kier alpha value is -0.0800. The molecule has 1 fully saturated rings. The van der Waals surface area contributed by atoms with E-state index in [1.54, 1.807) is 0 Å². The maximum absolute atomic E-state index is 2.58. The van der Waals surface area contributed by atoms with Crippen molar-refractivity contribution in [2.24, 2.45) is 0 Å². The van der Waals surface area contributed by atoms with E-state index < -0.39 is 0 Å². The summed E-state index contributed by atoms with van der Waals surface area (Å²) >= 11 is 0. The highest BCUT2D eigenvalue weighted by molar-refractivity contribution is 4.71. The molecule has 0 aromatic rings. The highest BCUT2D eigenvalue weighted by Gasteiger charge is 2.15. The van der Waals surface area contributed by atoms with Crippen LogP contribution in [0, 0.1) is 0 Å². The third-order valence-electron chi connectivity index (χ3n) is 2.35. The fourth-order valence-electron chi connectivity index (χ4n) is 1.44. The normalized spacial score (nSPS) is 22.2. The van der Waals surface area contributed by atoms with E-state index in [9.17, 15) is 0 Å². The average molecular weight is 145 g/mol. The number of nitrogens with zero attached hydrogens (tertiary/aromatic N) is 1. The molecule has 1 rings (SSSR count). The smallest absolute Gasteiger partial charge is 0.00643 e. The van der Waals surface area contributed by atoms with Crippen molar-refractivity contribution < 1.29 is 5.48 Å². The molecule has 2 nitrogen and oxygen atoms in total. The Morgan fingerprint density at radius 2 is 1.80 bits per heavy atom. The van der Waals surface area contributed by atoms with E-state index in [1.165, 1.54) is 32.4 Å². The number of hydrogen-bond acceptors (Lipinski definition) is 1. The molecule has 62 valence electrons. The molecule has 1 aliphatic heterocycles. The minimum Gasteiger partial charge on any atom is -0.412 e. The Morgan fingerprint density at radius 1 is 1.30 bits per heavy atom. The zero-order valence-electron chi connectivity index (χ0n) is 7.06. The topological polar surface area (TPSA) is 34.7 Å². The van der Waals surface area contributed by atoms with Crippen molar-refractivity contribution in [1.29, 1.82) is 0 Å². The predicted octanol–water partition coefficient (Wildman–Crippen LogP) is 1.06. The summed E-state index contributed by atoms with van der Waals surface area (Å²) in [5, 5.41) is 0. The lowest BCUT2D eigenvalue weighted by Crippen LogP contribution is -2.29. The van der Waals surface area contributed by atoms with Gasteiger partial charge >= 0.3 is 0 Å². The third-order valence-corrected chi connectivity index (χ3v) is 2.35. The van der Waals surface area contributed by atoms with E-state index in [2.05, 4.69) is 18.7 Å². The monoisotopic (exact) mass is 145 g/mol. The van der Waals surface area contributed by atoms with Crippen molar-refractivity contribution in [2.45, 2.75) is 39.2 Å². The quantitative estimate of drug-likeness (QED) is 0.572. The van der Waals surface area contributed by atoms with Crippen molar-refractivity contribution in [3.63, 3.8) is 0 Å². The molecular formula is C8H19NO. The molecule has 0 aromatic carbocycles. The van der Waals surface area contributed by atoms with Crippen LogP contribution in [-0.2, 0) is 0 Å². The molecule has 0 spiro atoms. The SMILES string of the molecule is CCC(C)N1CCCC1.O. The van der Waals surface area contributed by atoms with Crippen molar-refractivity contribution in [3.8, 4) is 0 Å². The fourth-order valence-corrected chi connectivity index (χ4v) is 1.44. The van der Waals surface area contributed by atoms with Crippen molar-refractivity contribution in [3.05, 3.63) is 0 Å². The maximum atomic E-state index is 2.58. The Morgan fingerprint density at radius 3 is 2.20 bits per heavy atom. The Kier molecular flexibility index (Phi) is 4.65. The molecule has 0 bridgehead atoms. The largest absolute Gasteiger partial charge is 0.412 e. The second-order valence-electron chi connectivity index (χ2n) is 3.00. The zero-order chi connectivity index (χ0) is 6.69. The van der Waals surface area contributed by atoms with Crippen molar-refractivity contribution in [1.82, 2.24) is 4.90 Å². The molecule has 1 atom stereocenters. The molecule has 10 heavy (non-hydrogen) atoms. The van der Waals surface area contributed by atoms with Gasteiger partial charge in [-0.15, -0.1) is 0 Å². The predicted molar refractivity (Wildman–Crippen MR) is 44.2 cm³/mol. The first-order valence-electron chi connectivity index (χ1n) is 4.08. The van der Waals surface area contributed by atoms with Gasteiger partial charge in [0.25, 0.3) is 0 Å². The van der Waals surface area contributed by atoms with E-state index in [1.807, 2.05) is 0 Å². The maximum Gasteiger partial charge on any atom is 0.00643 e. The first kappa shape index (κ1) is 9.92. The van der Waals surface area contributed by atoms with Crippen LogP contribution in [0.2, 0.25) is 0 Å². The molecule has 1 heterocycles. The van der Waals surface area contributed by atoms with Crippen LogP contribution in [0.1, 0.15) is 33.1 Å². The molecule has 1 unspecified atom stereocenters. The van der Waals surface area contributed by atoms with Gasteiger partial charge in [-0.1, -0.05) is 6.92 Å². The summed E-state index contributed by atoms with van der Waals surface area (Å²) in [6, 6.07) is 0.826. The Labute approximate surface area is 63.5 Å². The third kappa shape index (κ3) is 2.27. The molecule has 2 heteroatoms. The molecule has 0 aromatic heterocycles. The molecular weight excluding hydrogens is 126 g/mol. The first-order valence-corrected chi connectivity index (χ1v) is 4.08. The number of likely N-dealkylation sites (tertiary alicyclic amines) is 1. The second kappa shape index (κ2) is 4.69. The molecule has 0 aliphatic carbocycles. The summed E-state index contributed by atoms with van der Waals surface area (Å²) in [4.78, 5) is 2.58. The van der Waals surface area contributed by atoms with Crippen LogP contribution in [0.15, 0.2) is 0 Å². The van der Waals surface area contributed by atoms with Crippen LogP contribution < -0.4 is 0 Å². The number of hydrogen-bond donors (Lipinski definition) is 0. The molecule has 0 radical (unpaired) electrons. The van der Waals surface area contributed by atoms with Gasteiger partial charge in [-0.25, -0.2) is 0 Å². The van der Waals surface area contributed by atoms with E-state index in [4.69, 9.17) is 0 Å². The molecule has 0 amide bonds. The highest BCUT2D eigenvalue weighted by atomic mass is 16.0. The lowest BCUT2D eigenvalue weighted by atomic mass is 10.2. The summed E-state index contributed by atoms with van der Waals surface area (Å²) < 4.78 is 0. The lowest BCUT2D eigenvalue weighted by Gasteiger charge is -2.21. The van der Waals surface area contributed by atoms with Crippen LogP contribution in [0.3, 0.4) is 0 Å². The molecule has 0 saturated carbocycles. The Balaban J connectivity index is 0.000000810. The van der Waals surface area contributed by atoms with Gasteiger partial charge in [0.05, 0.1) is 0 Å². The summed E-state index contributed by atoms with van der Waals surface area (Å²) in [7, 11) is 0. The van der Waals surface area contributed by atoms with Gasteiger partial charge in [-0.2, -0.15) is 0 Å². The van der Waals surface area contributed by atoms with Crippen LogP contribution in [-0.4, -0.2) is 29.5 Å². The zero-order valence-corrected chi connectivity index (χ0v) is 7.06. The van der Waals surface area contributed by atoms with Crippen molar-refractivity contribution >= 4 is 0 Å². The summed E-state index contributed by atoms with van der Waals surface area (Å²) in [5.41, 5.74) is 0. The van der Waals surface area contributed by atoms with E-state index in [0.29, 0.717) is 0 Å². The minimum atomic E-state index is 0. The van der Waals surface area contributed by atoms with Crippen LogP contribution in [0.5, 0.6) is 0 Å². The van der Waals surface area contributed by atoms with Crippen molar-refractivity contribution in [2.75, 3.05) is 13.1 Å². The summed E-state index contributed by atoms with van der Waals surface area (Å²) in [6.45, 7) is 7.28. The van der Waals surface area contributed by atoms with Gasteiger partial charge in [-0.05, 0) is 39.3 Å². The van der Waals surface area contributed by atoms with Gasteiger partial charge in [0.2, 0.25) is 0 Å². The first-order chi connectivity index (χ1) is 4.34. The average Bonchev–Trinajstić information content (AvgIpc) is 2.37. The van der Waals surface area contributed by atoms with E-state index in [0.717, 1.165) is 6.04 Å². The van der Waals surface area contributed by atoms with Crippen LogP contribution in [0.25, 0.3) is 0 Å². The Bertz CT molecular complexity index is 79.3. The van der Waals surface area contributed by atoms with E-state index >= 15 is 0 Å². The summed E-state index contributed by atoms with van der Waals surface area (Å²) in [5.74, 6) is 0. The number of rotatable bonds is 2. The van der Waals surface area contributed by atoms with Crippen LogP contribution >= 0.6 is 0 Å².